The van der Waals surface area contributed by atoms with Crippen LogP contribution in [0.3, 0.4) is 0 Å². The van der Waals surface area contributed by atoms with Gasteiger partial charge in [0.2, 0.25) is 0 Å². The number of nitrogens with zero attached hydrogens (tertiary/aromatic N) is 3. The summed E-state index contributed by atoms with van der Waals surface area (Å²) in [5, 5.41) is 4.73. The number of rotatable bonds is 5. The summed E-state index contributed by atoms with van der Waals surface area (Å²) in [6, 6.07) is 0. The Kier molecular flexibility index (Phi) is 5.88. The first-order valence-electron chi connectivity index (χ1n) is 7.98. The molecule has 2 atom stereocenters. The van der Waals surface area contributed by atoms with Crippen LogP contribution in [-0.4, -0.2) is 40.1 Å². The quantitative estimate of drug-likeness (QED) is 0.905. The lowest BCUT2D eigenvalue weighted by Crippen LogP contribution is -2.41. The molecular weight excluding hydrogens is 280 g/mol. The van der Waals surface area contributed by atoms with Crippen LogP contribution in [0.15, 0.2) is 6.20 Å². The molecule has 1 N–H and O–H groups in total. The van der Waals surface area contributed by atoms with Crippen LogP contribution in [0, 0.1) is 0 Å². The number of anilines is 1. The van der Waals surface area contributed by atoms with Crippen LogP contribution >= 0.6 is 11.8 Å². The van der Waals surface area contributed by atoms with E-state index >= 15 is 0 Å². The average molecular weight is 308 g/mol. The molecule has 0 bridgehead atoms. The zero-order valence-corrected chi connectivity index (χ0v) is 14.7. The zero-order chi connectivity index (χ0) is 15.4. The van der Waals surface area contributed by atoms with E-state index in [-0.39, 0.29) is 0 Å². The molecule has 118 valence electrons. The van der Waals surface area contributed by atoms with Crippen LogP contribution in [0.1, 0.15) is 52.1 Å². The lowest BCUT2D eigenvalue weighted by atomic mass is 10.2. The van der Waals surface area contributed by atoms with Crippen LogP contribution in [0.4, 0.5) is 5.69 Å². The largest absolute Gasteiger partial charge is 0.367 e. The van der Waals surface area contributed by atoms with Crippen molar-refractivity contribution in [1.29, 1.82) is 0 Å². The Morgan fingerprint density at radius 2 is 2.00 bits per heavy atom. The van der Waals surface area contributed by atoms with Crippen molar-refractivity contribution in [2.45, 2.75) is 57.6 Å². The highest BCUT2D eigenvalue weighted by atomic mass is 32.2. The summed E-state index contributed by atoms with van der Waals surface area (Å²) in [4.78, 5) is 11.9. The Morgan fingerprint density at radius 1 is 1.33 bits per heavy atom. The summed E-state index contributed by atoms with van der Waals surface area (Å²) in [5.74, 6) is 1.31. The molecule has 1 aromatic heterocycles. The maximum atomic E-state index is 4.81. The SMILES string of the molecule is CCNCc1nc(C(C)C)ncc1N1CC(C)SC(C)C1. The summed E-state index contributed by atoms with van der Waals surface area (Å²) >= 11 is 2.07. The Morgan fingerprint density at radius 3 is 2.57 bits per heavy atom. The molecule has 1 fully saturated rings. The monoisotopic (exact) mass is 308 g/mol. The molecule has 0 radical (unpaired) electrons. The summed E-state index contributed by atoms with van der Waals surface area (Å²) in [6.07, 6.45) is 2.03. The molecule has 5 heteroatoms. The minimum Gasteiger partial charge on any atom is -0.367 e. The second-order valence-corrected chi connectivity index (χ2v) is 8.04. The molecule has 1 aliphatic rings. The Hall–Kier alpha value is -0.810. The highest BCUT2D eigenvalue weighted by molar-refractivity contribution is 8.00. The highest BCUT2D eigenvalue weighted by Crippen LogP contribution is 2.30. The Labute approximate surface area is 133 Å². The van der Waals surface area contributed by atoms with Gasteiger partial charge in [0.05, 0.1) is 17.6 Å². The minimum absolute atomic E-state index is 0.370. The van der Waals surface area contributed by atoms with Crippen LogP contribution in [0.2, 0.25) is 0 Å². The third kappa shape index (κ3) is 4.33. The fourth-order valence-corrected chi connectivity index (χ4v) is 4.04. The lowest BCUT2D eigenvalue weighted by molar-refractivity contribution is 0.667. The van der Waals surface area contributed by atoms with E-state index in [4.69, 9.17) is 4.98 Å². The molecule has 0 spiro atoms. The molecule has 0 saturated carbocycles. The standard InChI is InChI=1S/C16H28N4S/c1-6-17-7-14-15(8-18-16(19-14)11(2)3)20-9-12(4)21-13(5)10-20/h8,11-13,17H,6-7,9-10H2,1-5H3. The predicted molar refractivity (Wildman–Crippen MR) is 92.2 cm³/mol. The van der Waals surface area contributed by atoms with E-state index in [2.05, 4.69) is 61.6 Å². The summed E-state index contributed by atoms with van der Waals surface area (Å²) in [7, 11) is 0. The van der Waals surface area contributed by atoms with E-state index in [0.717, 1.165) is 37.7 Å². The van der Waals surface area contributed by atoms with Gasteiger partial charge in [0.25, 0.3) is 0 Å². The van der Waals surface area contributed by atoms with Crippen LogP contribution in [0.25, 0.3) is 0 Å². The molecule has 2 unspecified atom stereocenters. The molecule has 0 aromatic carbocycles. The van der Waals surface area contributed by atoms with Crippen molar-refractivity contribution in [3.63, 3.8) is 0 Å². The molecule has 0 aliphatic carbocycles. The van der Waals surface area contributed by atoms with E-state index in [1.54, 1.807) is 0 Å². The molecule has 0 amide bonds. The number of nitrogens with one attached hydrogen (secondary N) is 1. The summed E-state index contributed by atoms with van der Waals surface area (Å²) < 4.78 is 0. The topological polar surface area (TPSA) is 41.1 Å². The number of hydrogen-bond acceptors (Lipinski definition) is 5. The van der Waals surface area contributed by atoms with Crippen LogP contribution in [0.5, 0.6) is 0 Å². The Balaban J connectivity index is 2.27. The van der Waals surface area contributed by atoms with Crippen molar-refractivity contribution in [2.75, 3.05) is 24.5 Å². The minimum atomic E-state index is 0.370. The highest BCUT2D eigenvalue weighted by Gasteiger charge is 2.25. The van der Waals surface area contributed by atoms with Crippen molar-refractivity contribution in [3.05, 3.63) is 17.7 Å². The van der Waals surface area contributed by atoms with E-state index < -0.39 is 0 Å². The fraction of sp³-hybridized carbons (Fsp3) is 0.750. The second kappa shape index (κ2) is 7.45. The molecule has 1 aromatic rings. The Bertz CT molecular complexity index is 454. The van der Waals surface area contributed by atoms with Gasteiger partial charge in [-0.25, -0.2) is 9.97 Å². The fourth-order valence-electron chi connectivity index (χ4n) is 2.72. The number of thioether (sulfide) groups is 1. The van der Waals surface area contributed by atoms with Gasteiger partial charge in [0.15, 0.2) is 0 Å². The van der Waals surface area contributed by atoms with Gasteiger partial charge < -0.3 is 10.2 Å². The maximum absolute atomic E-state index is 4.81. The molecule has 1 aliphatic heterocycles. The van der Waals surface area contributed by atoms with Crippen molar-refractivity contribution >= 4 is 17.4 Å². The first-order chi connectivity index (χ1) is 10.0. The van der Waals surface area contributed by atoms with Crippen molar-refractivity contribution in [3.8, 4) is 0 Å². The van der Waals surface area contributed by atoms with Gasteiger partial charge in [-0.2, -0.15) is 11.8 Å². The number of hydrogen-bond donors (Lipinski definition) is 1. The van der Waals surface area contributed by atoms with Crippen LogP contribution in [-0.2, 0) is 6.54 Å². The van der Waals surface area contributed by atoms with Crippen molar-refractivity contribution < 1.29 is 0 Å². The zero-order valence-electron chi connectivity index (χ0n) is 13.9. The molecule has 21 heavy (non-hydrogen) atoms. The molecular formula is C16H28N4S. The van der Waals surface area contributed by atoms with Gasteiger partial charge in [-0.1, -0.05) is 34.6 Å². The first-order valence-corrected chi connectivity index (χ1v) is 8.92. The first kappa shape index (κ1) is 16.6. The van der Waals surface area contributed by atoms with E-state index in [0.29, 0.717) is 16.4 Å². The van der Waals surface area contributed by atoms with E-state index in [1.165, 1.54) is 5.69 Å². The lowest BCUT2D eigenvalue weighted by Gasteiger charge is -2.36. The molecule has 2 heterocycles. The van der Waals surface area contributed by atoms with Crippen molar-refractivity contribution in [2.24, 2.45) is 0 Å². The van der Waals surface area contributed by atoms with E-state index in [1.807, 2.05) is 6.20 Å². The predicted octanol–water partition coefficient (Wildman–Crippen LogP) is 3.04. The molecule has 4 nitrogen and oxygen atoms in total. The van der Waals surface area contributed by atoms with Gasteiger partial charge in [0, 0.05) is 36.1 Å². The molecule has 1 saturated heterocycles. The second-order valence-electron chi connectivity index (χ2n) is 6.16. The van der Waals surface area contributed by atoms with Crippen LogP contribution < -0.4 is 10.2 Å². The smallest absolute Gasteiger partial charge is 0.131 e. The van der Waals surface area contributed by atoms with E-state index in [9.17, 15) is 0 Å². The summed E-state index contributed by atoms with van der Waals surface area (Å²) in [6.45, 7) is 15.0. The van der Waals surface area contributed by atoms with Gasteiger partial charge in [-0.15, -0.1) is 0 Å². The average Bonchev–Trinajstić information content (AvgIpc) is 2.43. The molecule has 2 rings (SSSR count). The van der Waals surface area contributed by atoms with Gasteiger partial charge >= 0.3 is 0 Å². The van der Waals surface area contributed by atoms with Gasteiger partial charge in [0.1, 0.15) is 5.82 Å². The van der Waals surface area contributed by atoms with Crippen molar-refractivity contribution in [1.82, 2.24) is 15.3 Å². The van der Waals surface area contributed by atoms with Gasteiger partial charge in [-0.05, 0) is 6.54 Å². The van der Waals surface area contributed by atoms with Gasteiger partial charge in [-0.3, -0.25) is 0 Å². The number of aromatic nitrogens is 2. The summed E-state index contributed by atoms with van der Waals surface area (Å²) in [5.41, 5.74) is 2.35. The normalized spacial score (nSPS) is 22.9. The maximum Gasteiger partial charge on any atom is 0.131 e. The third-order valence-electron chi connectivity index (χ3n) is 3.68. The third-order valence-corrected chi connectivity index (χ3v) is 4.91.